The van der Waals surface area contributed by atoms with Crippen LogP contribution < -0.4 is 0 Å². The molecule has 15 heavy (non-hydrogen) atoms. The monoisotopic (exact) mass is 224 g/mol. The number of hydrogen-bond donors (Lipinski definition) is 1. The number of benzene rings is 1. The molecule has 3 nitrogen and oxygen atoms in total. The Labute approximate surface area is 89.0 Å². The molecule has 2 rings (SSSR count). The van der Waals surface area contributed by atoms with Crippen LogP contribution >= 0.6 is 0 Å². The van der Waals surface area contributed by atoms with E-state index in [0.717, 1.165) is 5.56 Å². The zero-order chi connectivity index (χ0) is 11.1. The molecule has 0 radical (unpaired) electrons. The summed E-state index contributed by atoms with van der Waals surface area (Å²) in [5, 5.41) is 10.2. The van der Waals surface area contributed by atoms with Crippen molar-refractivity contribution in [3.63, 3.8) is 0 Å². The average molecular weight is 224 g/mol. The van der Waals surface area contributed by atoms with Crippen LogP contribution in [0.2, 0.25) is 0 Å². The van der Waals surface area contributed by atoms with Crippen molar-refractivity contribution in [1.82, 2.24) is 0 Å². The molecule has 0 bridgehead atoms. The number of aliphatic hydroxyl groups is 1. The van der Waals surface area contributed by atoms with Gasteiger partial charge in [0.25, 0.3) is 0 Å². The molecule has 1 unspecified atom stereocenters. The van der Waals surface area contributed by atoms with E-state index in [-0.39, 0.29) is 12.5 Å². The molecule has 4 heteroatoms. The van der Waals surface area contributed by atoms with Gasteiger partial charge >= 0.3 is 0 Å². The molecule has 0 spiro atoms. The first-order chi connectivity index (χ1) is 7.04. The highest BCUT2D eigenvalue weighted by molar-refractivity contribution is 7.94. The van der Waals surface area contributed by atoms with Gasteiger partial charge in [-0.1, -0.05) is 19.1 Å². The summed E-state index contributed by atoms with van der Waals surface area (Å²) in [7, 11) is -3.20. The van der Waals surface area contributed by atoms with Crippen LogP contribution in [0.25, 0.3) is 6.08 Å². The number of aliphatic hydroxyl groups excluding tert-OH is 1. The molecular formula is C11H12O3S. The van der Waals surface area contributed by atoms with E-state index < -0.39 is 9.84 Å². The van der Waals surface area contributed by atoms with Crippen LogP contribution in [0.4, 0.5) is 0 Å². The third-order valence-corrected chi connectivity index (χ3v) is 4.09. The van der Waals surface area contributed by atoms with Gasteiger partial charge in [0, 0.05) is 17.9 Å². The van der Waals surface area contributed by atoms with Crippen LogP contribution in [0.5, 0.6) is 0 Å². The van der Waals surface area contributed by atoms with E-state index in [1.54, 1.807) is 18.2 Å². The summed E-state index contributed by atoms with van der Waals surface area (Å²) in [6.45, 7) is 1.96. The predicted octanol–water partition coefficient (Wildman–Crippen LogP) is 1.54. The van der Waals surface area contributed by atoms with Crippen molar-refractivity contribution in [3.8, 4) is 0 Å². The first-order valence-electron chi connectivity index (χ1n) is 4.72. The summed E-state index contributed by atoms with van der Waals surface area (Å²) in [4.78, 5) is 0.358. The fourth-order valence-electron chi connectivity index (χ4n) is 1.60. The second-order valence-corrected chi connectivity index (χ2v) is 5.53. The van der Waals surface area contributed by atoms with Gasteiger partial charge in [0.1, 0.15) is 0 Å². The first-order valence-corrected chi connectivity index (χ1v) is 6.27. The lowest BCUT2D eigenvalue weighted by atomic mass is 10.00. The molecule has 1 N–H and O–H groups in total. The lowest BCUT2D eigenvalue weighted by Gasteiger charge is -2.09. The number of sulfone groups is 1. The predicted molar refractivity (Wildman–Crippen MR) is 58.2 cm³/mol. The van der Waals surface area contributed by atoms with Crippen molar-refractivity contribution in [2.75, 3.05) is 6.61 Å². The maximum Gasteiger partial charge on any atom is 0.200 e. The van der Waals surface area contributed by atoms with E-state index in [9.17, 15) is 8.42 Å². The quantitative estimate of drug-likeness (QED) is 0.829. The summed E-state index contributed by atoms with van der Waals surface area (Å²) < 4.78 is 22.9. The molecule has 0 aromatic heterocycles. The van der Waals surface area contributed by atoms with E-state index in [2.05, 4.69) is 0 Å². The molecule has 1 aliphatic rings. The SMILES string of the molecule is CC(CO)c1ccc2c(c1)C=CS2(=O)=O. The van der Waals surface area contributed by atoms with Gasteiger partial charge in [0.2, 0.25) is 0 Å². The van der Waals surface area contributed by atoms with Crippen LogP contribution in [-0.4, -0.2) is 20.1 Å². The first kappa shape index (κ1) is 10.4. The Kier molecular flexibility index (Phi) is 2.40. The molecule has 1 aliphatic heterocycles. The minimum absolute atomic E-state index is 0.0343. The minimum Gasteiger partial charge on any atom is -0.396 e. The molecule has 1 aromatic carbocycles. The van der Waals surface area contributed by atoms with Gasteiger partial charge in [-0.15, -0.1) is 0 Å². The number of fused-ring (bicyclic) bond motifs is 1. The van der Waals surface area contributed by atoms with Crippen molar-refractivity contribution in [2.45, 2.75) is 17.7 Å². The zero-order valence-corrected chi connectivity index (χ0v) is 9.16. The van der Waals surface area contributed by atoms with Crippen molar-refractivity contribution >= 4 is 15.9 Å². The Balaban J connectivity index is 2.51. The maximum atomic E-state index is 11.5. The molecule has 0 amide bonds. The van der Waals surface area contributed by atoms with Crippen molar-refractivity contribution < 1.29 is 13.5 Å². The van der Waals surface area contributed by atoms with Gasteiger partial charge in [-0.3, -0.25) is 0 Å². The van der Waals surface area contributed by atoms with Crippen LogP contribution in [0.1, 0.15) is 24.0 Å². The van der Waals surface area contributed by atoms with E-state index in [0.29, 0.717) is 10.5 Å². The third kappa shape index (κ3) is 1.70. The van der Waals surface area contributed by atoms with E-state index in [1.165, 1.54) is 5.41 Å². The largest absolute Gasteiger partial charge is 0.396 e. The van der Waals surface area contributed by atoms with Crippen molar-refractivity contribution in [3.05, 3.63) is 34.7 Å². The van der Waals surface area contributed by atoms with Crippen LogP contribution in [-0.2, 0) is 9.84 Å². The van der Waals surface area contributed by atoms with Gasteiger partial charge in [0.15, 0.2) is 9.84 Å². The van der Waals surface area contributed by atoms with Gasteiger partial charge in [-0.2, -0.15) is 0 Å². The van der Waals surface area contributed by atoms with E-state index >= 15 is 0 Å². The Hall–Kier alpha value is -1.13. The fourth-order valence-corrected chi connectivity index (χ4v) is 2.79. The smallest absolute Gasteiger partial charge is 0.200 e. The molecule has 0 fully saturated rings. The van der Waals surface area contributed by atoms with E-state index in [1.807, 2.05) is 13.0 Å². The van der Waals surface area contributed by atoms with Gasteiger partial charge in [-0.05, 0) is 23.3 Å². The third-order valence-electron chi connectivity index (χ3n) is 2.61. The summed E-state index contributed by atoms with van der Waals surface area (Å²) in [6, 6.07) is 5.17. The lowest BCUT2D eigenvalue weighted by molar-refractivity contribution is 0.273. The molecular weight excluding hydrogens is 212 g/mol. The summed E-state index contributed by atoms with van der Waals surface area (Å²) >= 11 is 0. The molecule has 0 aliphatic carbocycles. The van der Waals surface area contributed by atoms with Crippen LogP contribution in [0, 0.1) is 0 Å². The van der Waals surface area contributed by atoms with E-state index in [4.69, 9.17) is 5.11 Å². The van der Waals surface area contributed by atoms with Gasteiger partial charge in [-0.25, -0.2) is 8.42 Å². The van der Waals surface area contributed by atoms with Crippen LogP contribution in [0.15, 0.2) is 28.5 Å². The normalized spacial score (nSPS) is 18.8. The van der Waals surface area contributed by atoms with Crippen molar-refractivity contribution in [2.24, 2.45) is 0 Å². The summed E-state index contributed by atoms with van der Waals surface area (Å²) in [5.74, 6) is 0.0343. The second kappa shape index (κ2) is 3.47. The lowest BCUT2D eigenvalue weighted by Crippen LogP contribution is -2.00. The Morgan fingerprint density at radius 2 is 2.13 bits per heavy atom. The number of hydrogen-bond acceptors (Lipinski definition) is 3. The highest BCUT2D eigenvalue weighted by Crippen LogP contribution is 2.29. The minimum atomic E-state index is -3.20. The summed E-state index contributed by atoms with van der Waals surface area (Å²) in [6.07, 6.45) is 1.60. The highest BCUT2D eigenvalue weighted by atomic mass is 32.2. The Morgan fingerprint density at radius 1 is 1.40 bits per heavy atom. The van der Waals surface area contributed by atoms with Gasteiger partial charge < -0.3 is 5.11 Å². The zero-order valence-electron chi connectivity index (χ0n) is 8.34. The average Bonchev–Trinajstić information content (AvgIpc) is 2.53. The van der Waals surface area contributed by atoms with Gasteiger partial charge in [0.05, 0.1) is 4.90 Å². The number of rotatable bonds is 2. The topological polar surface area (TPSA) is 54.4 Å². The molecule has 0 saturated heterocycles. The summed E-state index contributed by atoms with van der Waals surface area (Å²) in [5.41, 5.74) is 1.67. The molecule has 0 saturated carbocycles. The molecule has 1 aromatic rings. The van der Waals surface area contributed by atoms with Crippen molar-refractivity contribution in [1.29, 1.82) is 0 Å². The fraction of sp³-hybridized carbons (Fsp3) is 0.273. The second-order valence-electron chi connectivity index (χ2n) is 3.73. The maximum absolute atomic E-state index is 11.5. The Bertz CT molecular complexity index is 515. The molecule has 80 valence electrons. The molecule has 1 atom stereocenters. The molecule has 1 heterocycles. The Morgan fingerprint density at radius 3 is 2.80 bits per heavy atom. The van der Waals surface area contributed by atoms with Crippen LogP contribution in [0.3, 0.4) is 0 Å². The standard InChI is InChI=1S/C11H12O3S/c1-8(7-12)9-2-3-11-10(6-9)4-5-15(11,13)14/h2-6,8,12H,7H2,1H3. The highest BCUT2D eigenvalue weighted by Gasteiger charge is 2.21.